The summed E-state index contributed by atoms with van der Waals surface area (Å²) in [4.78, 5) is 30.7. The van der Waals surface area contributed by atoms with Gasteiger partial charge in [-0.05, 0) is 17.9 Å². The second-order valence-corrected chi connectivity index (χ2v) is 6.73. The minimum Gasteiger partial charge on any atom is -0.437 e. The quantitative estimate of drug-likeness (QED) is 0.905. The monoisotopic (exact) mass is 341 g/mol. The molecule has 2 amide bonds. The van der Waals surface area contributed by atoms with Crippen LogP contribution in [-0.4, -0.2) is 40.8 Å². The van der Waals surface area contributed by atoms with Crippen molar-refractivity contribution < 1.29 is 14.0 Å². The molecular formula is C19H23N3O3. The van der Waals surface area contributed by atoms with Crippen molar-refractivity contribution in [2.75, 3.05) is 13.1 Å². The Morgan fingerprint density at radius 2 is 2.12 bits per heavy atom. The van der Waals surface area contributed by atoms with Crippen molar-refractivity contribution in [2.45, 2.75) is 32.7 Å². The second-order valence-electron chi connectivity index (χ2n) is 6.73. The van der Waals surface area contributed by atoms with Crippen LogP contribution in [0.4, 0.5) is 0 Å². The molecule has 1 aliphatic rings. The van der Waals surface area contributed by atoms with Crippen LogP contribution in [0, 0.1) is 5.92 Å². The number of oxazole rings is 1. The minimum atomic E-state index is -0.467. The standard InChI is InChI=1S/C19H23N3O3/c1-13(2)10-16-17(23)20-8-9-22(16)19(24)18-21-12-15(25-18)11-14-6-4-3-5-7-14/h3-7,12-13,16H,8-11H2,1-2H3,(H,20,23)/t16-/m0/s1. The van der Waals surface area contributed by atoms with Gasteiger partial charge in [-0.2, -0.15) is 0 Å². The van der Waals surface area contributed by atoms with E-state index >= 15 is 0 Å². The lowest BCUT2D eigenvalue weighted by molar-refractivity contribution is -0.128. The molecule has 0 radical (unpaired) electrons. The van der Waals surface area contributed by atoms with Gasteiger partial charge >= 0.3 is 5.91 Å². The summed E-state index contributed by atoms with van der Waals surface area (Å²) < 4.78 is 5.66. The number of benzene rings is 1. The fourth-order valence-corrected chi connectivity index (χ4v) is 3.05. The maximum Gasteiger partial charge on any atom is 0.310 e. The van der Waals surface area contributed by atoms with Crippen molar-refractivity contribution in [1.29, 1.82) is 0 Å². The van der Waals surface area contributed by atoms with Crippen molar-refractivity contribution >= 4 is 11.8 Å². The number of aromatic nitrogens is 1. The number of nitrogens with one attached hydrogen (secondary N) is 1. The molecule has 1 fully saturated rings. The molecule has 1 aromatic heterocycles. The molecule has 1 saturated heterocycles. The maximum absolute atomic E-state index is 12.8. The summed E-state index contributed by atoms with van der Waals surface area (Å²) in [6.07, 6.45) is 2.79. The summed E-state index contributed by atoms with van der Waals surface area (Å²) in [5.41, 5.74) is 1.09. The minimum absolute atomic E-state index is 0.0504. The number of carbonyl (C=O) groups is 2. The first kappa shape index (κ1) is 17.2. The zero-order valence-electron chi connectivity index (χ0n) is 14.6. The summed E-state index contributed by atoms with van der Waals surface area (Å²) in [5, 5.41) is 2.83. The van der Waals surface area contributed by atoms with Crippen LogP contribution in [-0.2, 0) is 11.2 Å². The van der Waals surface area contributed by atoms with Gasteiger partial charge in [0, 0.05) is 19.5 Å². The predicted molar refractivity (Wildman–Crippen MR) is 93.0 cm³/mol. The molecule has 25 heavy (non-hydrogen) atoms. The zero-order valence-corrected chi connectivity index (χ0v) is 14.6. The van der Waals surface area contributed by atoms with Gasteiger partial charge in [-0.1, -0.05) is 44.2 Å². The highest BCUT2D eigenvalue weighted by molar-refractivity contribution is 5.95. The van der Waals surface area contributed by atoms with Gasteiger partial charge in [0.15, 0.2) is 0 Å². The summed E-state index contributed by atoms with van der Waals surface area (Å²) in [7, 11) is 0. The van der Waals surface area contributed by atoms with Crippen LogP contribution >= 0.6 is 0 Å². The van der Waals surface area contributed by atoms with Crippen LogP contribution in [0.15, 0.2) is 40.9 Å². The van der Waals surface area contributed by atoms with E-state index in [0.717, 1.165) is 5.56 Å². The van der Waals surface area contributed by atoms with Crippen molar-refractivity contribution in [3.8, 4) is 0 Å². The molecular weight excluding hydrogens is 318 g/mol. The Balaban J connectivity index is 1.74. The number of piperazine rings is 1. The van der Waals surface area contributed by atoms with E-state index in [4.69, 9.17) is 4.42 Å². The molecule has 0 aliphatic carbocycles. The molecule has 2 aromatic rings. The zero-order chi connectivity index (χ0) is 17.8. The fourth-order valence-electron chi connectivity index (χ4n) is 3.05. The number of nitrogens with zero attached hydrogens (tertiary/aromatic N) is 2. The van der Waals surface area contributed by atoms with Crippen LogP contribution in [0.2, 0.25) is 0 Å². The van der Waals surface area contributed by atoms with Crippen molar-refractivity contribution in [3.05, 3.63) is 53.7 Å². The lowest BCUT2D eigenvalue weighted by Gasteiger charge is -2.35. The van der Waals surface area contributed by atoms with Crippen LogP contribution in [0.1, 0.15) is 42.3 Å². The van der Waals surface area contributed by atoms with Gasteiger partial charge in [0.05, 0.1) is 6.20 Å². The molecule has 1 aliphatic heterocycles. The summed E-state index contributed by atoms with van der Waals surface area (Å²) in [6.45, 7) is 5.00. The van der Waals surface area contributed by atoms with E-state index in [1.54, 1.807) is 11.1 Å². The van der Waals surface area contributed by atoms with Gasteiger partial charge in [-0.25, -0.2) is 4.98 Å². The largest absolute Gasteiger partial charge is 0.437 e. The Morgan fingerprint density at radius 1 is 1.36 bits per heavy atom. The normalized spacial score (nSPS) is 17.6. The van der Waals surface area contributed by atoms with E-state index < -0.39 is 6.04 Å². The number of rotatable bonds is 5. The van der Waals surface area contributed by atoms with Gasteiger partial charge in [-0.3, -0.25) is 9.59 Å². The molecule has 6 heteroatoms. The van der Waals surface area contributed by atoms with Gasteiger partial charge in [0.1, 0.15) is 11.8 Å². The van der Waals surface area contributed by atoms with E-state index in [9.17, 15) is 9.59 Å². The summed E-state index contributed by atoms with van der Waals surface area (Å²) in [6, 6.07) is 9.40. The van der Waals surface area contributed by atoms with Gasteiger partial charge < -0.3 is 14.6 Å². The third-order valence-electron chi connectivity index (χ3n) is 4.24. The van der Waals surface area contributed by atoms with Gasteiger partial charge in [0.25, 0.3) is 5.89 Å². The molecule has 0 unspecified atom stereocenters. The average Bonchev–Trinajstić information content (AvgIpc) is 3.05. The highest BCUT2D eigenvalue weighted by atomic mass is 16.4. The smallest absolute Gasteiger partial charge is 0.310 e. The van der Waals surface area contributed by atoms with E-state index in [1.807, 2.05) is 44.2 Å². The van der Waals surface area contributed by atoms with E-state index in [0.29, 0.717) is 37.6 Å². The third-order valence-corrected chi connectivity index (χ3v) is 4.24. The summed E-state index contributed by atoms with van der Waals surface area (Å²) >= 11 is 0. The first-order chi connectivity index (χ1) is 12.0. The number of carbonyl (C=O) groups excluding carboxylic acids is 2. The lowest BCUT2D eigenvalue weighted by Crippen LogP contribution is -2.57. The van der Waals surface area contributed by atoms with Crippen LogP contribution in [0.25, 0.3) is 0 Å². The van der Waals surface area contributed by atoms with E-state index in [2.05, 4.69) is 10.3 Å². The number of amides is 2. The van der Waals surface area contributed by atoms with E-state index in [-0.39, 0.29) is 17.7 Å². The highest BCUT2D eigenvalue weighted by Gasteiger charge is 2.35. The Kier molecular flexibility index (Phi) is 5.16. The first-order valence-corrected chi connectivity index (χ1v) is 8.62. The predicted octanol–water partition coefficient (Wildman–Crippen LogP) is 2.25. The molecule has 1 N–H and O–H groups in total. The first-order valence-electron chi connectivity index (χ1n) is 8.62. The Hall–Kier alpha value is -2.63. The van der Waals surface area contributed by atoms with Crippen molar-refractivity contribution in [1.82, 2.24) is 15.2 Å². The Morgan fingerprint density at radius 3 is 2.84 bits per heavy atom. The third kappa shape index (κ3) is 4.07. The van der Waals surface area contributed by atoms with E-state index in [1.165, 1.54) is 0 Å². The molecule has 6 nitrogen and oxygen atoms in total. The van der Waals surface area contributed by atoms with Crippen molar-refractivity contribution in [2.24, 2.45) is 5.92 Å². The molecule has 0 saturated carbocycles. The number of hydrogen-bond donors (Lipinski definition) is 1. The highest BCUT2D eigenvalue weighted by Crippen LogP contribution is 2.18. The Bertz CT molecular complexity index is 739. The molecule has 3 rings (SSSR count). The molecule has 1 atom stereocenters. The van der Waals surface area contributed by atoms with Gasteiger partial charge in [-0.15, -0.1) is 0 Å². The second kappa shape index (κ2) is 7.51. The molecule has 0 spiro atoms. The number of hydrogen-bond acceptors (Lipinski definition) is 4. The topological polar surface area (TPSA) is 75.4 Å². The maximum atomic E-state index is 12.8. The van der Waals surface area contributed by atoms with Crippen LogP contribution in [0.5, 0.6) is 0 Å². The molecule has 132 valence electrons. The molecule has 1 aromatic carbocycles. The molecule has 0 bridgehead atoms. The SMILES string of the molecule is CC(C)C[C@H]1C(=O)NCCN1C(=O)c1ncc(Cc2ccccc2)o1. The van der Waals surface area contributed by atoms with Crippen LogP contribution < -0.4 is 5.32 Å². The Labute approximate surface area is 147 Å². The average molecular weight is 341 g/mol. The van der Waals surface area contributed by atoms with Gasteiger partial charge in [0.2, 0.25) is 5.91 Å². The fraction of sp³-hybridized carbons (Fsp3) is 0.421. The molecule has 2 heterocycles. The summed E-state index contributed by atoms with van der Waals surface area (Å²) in [5.74, 6) is 0.567. The van der Waals surface area contributed by atoms with Crippen LogP contribution in [0.3, 0.4) is 0 Å². The lowest BCUT2D eigenvalue weighted by atomic mass is 10.00. The van der Waals surface area contributed by atoms with Crippen molar-refractivity contribution in [3.63, 3.8) is 0 Å².